The van der Waals surface area contributed by atoms with Crippen LogP contribution in [0, 0.1) is 13.8 Å². The Labute approximate surface area is 129 Å². The quantitative estimate of drug-likeness (QED) is 0.848. The SMILES string of the molecule is CCc1cc(C)c(O)c([SiH2]c2cc(CC)cc(C)c2O)c1. The highest BCUT2D eigenvalue weighted by Gasteiger charge is 2.12. The van der Waals surface area contributed by atoms with Crippen LogP contribution in [0.25, 0.3) is 0 Å². The van der Waals surface area contributed by atoms with Gasteiger partial charge in [0.15, 0.2) is 0 Å². The standard InChI is InChI=1S/C18H24O2Si/c1-5-13-7-11(3)17(19)15(9-13)21-16-10-14(6-2)8-12(4)18(16)20/h7-10,19-20H,5-6,21H2,1-4H3. The summed E-state index contributed by atoms with van der Waals surface area (Å²) in [5.74, 6) is 0.802. The van der Waals surface area contributed by atoms with Gasteiger partial charge in [-0.2, -0.15) is 0 Å². The normalized spacial score (nSPS) is 10.9. The third-order valence-corrected chi connectivity index (χ3v) is 5.92. The van der Waals surface area contributed by atoms with E-state index in [-0.39, 0.29) is 0 Å². The van der Waals surface area contributed by atoms with Gasteiger partial charge >= 0.3 is 0 Å². The van der Waals surface area contributed by atoms with Crippen LogP contribution in [0.3, 0.4) is 0 Å². The number of aryl methyl sites for hydroxylation is 4. The lowest BCUT2D eigenvalue weighted by atomic mass is 10.1. The van der Waals surface area contributed by atoms with Crippen LogP contribution < -0.4 is 10.4 Å². The van der Waals surface area contributed by atoms with Gasteiger partial charge in [0.25, 0.3) is 0 Å². The van der Waals surface area contributed by atoms with Gasteiger partial charge in [-0.25, -0.2) is 0 Å². The highest BCUT2D eigenvalue weighted by molar-refractivity contribution is 6.69. The van der Waals surface area contributed by atoms with Crippen LogP contribution in [0.5, 0.6) is 11.5 Å². The molecule has 2 rings (SSSR count). The molecule has 0 aliphatic carbocycles. The van der Waals surface area contributed by atoms with Crippen molar-refractivity contribution in [2.75, 3.05) is 0 Å². The number of phenolic OH excluding ortho intramolecular Hbond substituents is 2. The third kappa shape index (κ3) is 3.30. The van der Waals surface area contributed by atoms with E-state index in [1.165, 1.54) is 11.1 Å². The molecule has 0 heterocycles. The molecule has 0 aliphatic heterocycles. The van der Waals surface area contributed by atoms with Crippen molar-refractivity contribution in [2.45, 2.75) is 40.5 Å². The molecule has 0 bridgehead atoms. The zero-order chi connectivity index (χ0) is 15.6. The van der Waals surface area contributed by atoms with Gasteiger partial charge in [0.2, 0.25) is 0 Å². The average Bonchev–Trinajstić information content (AvgIpc) is 2.47. The molecule has 0 fully saturated rings. The Morgan fingerprint density at radius 2 is 1.14 bits per heavy atom. The summed E-state index contributed by atoms with van der Waals surface area (Å²) in [4.78, 5) is 0. The fourth-order valence-electron chi connectivity index (χ4n) is 2.75. The number of hydrogen-bond donors (Lipinski definition) is 2. The van der Waals surface area contributed by atoms with Gasteiger partial charge < -0.3 is 10.2 Å². The van der Waals surface area contributed by atoms with Crippen molar-refractivity contribution in [3.8, 4) is 11.5 Å². The molecule has 0 aromatic heterocycles. The van der Waals surface area contributed by atoms with Gasteiger partial charge in [-0.05, 0) is 59.3 Å². The maximum absolute atomic E-state index is 10.3. The van der Waals surface area contributed by atoms with Gasteiger partial charge in [0, 0.05) is 0 Å². The number of aromatic hydroxyl groups is 2. The lowest BCUT2D eigenvalue weighted by Gasteiger charge is -2.13. The fraction of sp³-hybridized carbons (Fsp3) is 0.333. The predicted molar refractivity (Wildman–Crippen MR) is 92.3 cm³/mol. The molecule has 0 unspecified atom stereocenters. The number of benzene rings is 2. The summed E-state index contributed by atoms with van der Waals surface area (Å²) in [6.45, 7) is 8.13. The van der Waals surface area contributed by atoms with Crippen molar-refractivity contribution < 1.29 is 10.2 Å². The average molecular weight is 300 g/mol. The van der Waals surface area contributed by atoms with Crippen molar-refractivity contribution >= 4 is 19.9 Å². The molecule has 0 amide bonds. The zero-order valence-corrected chi connectivity index (χ0v) is 14.7. The zero-order valence-electron chi connectivity index (χ0n) is 13.3. The predicted octanol–water partition coefficient (Wildman–Crippen LogP) is 1.96. The topological polar surface area (TPSA) is 40.5 Å². The molecule has 0 saturated heterocycles. The van der Waals surface area contributed by atoms with Crippen molar-refractivity contribution in [1.82, 2.24) is 0 Å². The molecule has 2 aromatic carbocycles. The smallest absolute Gasteiger partial charge is 0.117 e. The number of rotatable bonds is 4. The second-order valence-corrected chi connectivity index (χ2v) is 7.60. The van der Waals surface area contributed by atoms with E-state index in [9.17, 15) is 10.2 Å². The molecule has 0 radical (unpaired) electrons. The lowest BCUT2D eigenvalue weighted by molar-refractivity contribution is 0.474. The summed E-state index contributed by atoms with van der Waals surface area (Å²) in [5.41, 5.74) is 4.35. The first kappa shape index (κ1) is 15.6. The van der Waals surface area contributed by atoms with Gasteiger partial charge in [0.1, 0.15) is 11.5 Å². The lowest BCUT2D eigenvalue weighted by Crippen LogP contribution is -2.29. The van der Waals surface area contributed by atoms with Crippen molar-refractivity contribution in [3.05, 3.63) is 46.5 Å². The Bertz CT molecular complexity index is 605. The molecule has 21 heavy (non-hydrogen) atoms. The molecule has 2 N–H and O–H groups in total. The van der Waals surface area contributed by atoms with Crippen molar-refractivity contribution in [3.63, 3.8) is 0 Å². The minimum atomic E-state index is -0.896. The summed E-state index contributed by atoms with van der Waals surface area (Å²) >= 11 is 0. The molecule has 112 valence electrons. The second kappa shape index (κ2) is 6.35. The summed E-state index contributed by atoms with van der Waals surface area (Å²) in [7, 11) is -0.896. The van der Waals surface area contributed by atoms with Crippen LogP contribution in [0.2, 0.25) is 0 Å². The first-order valence-corrected chi connectivity index (χ1v) is 9.00. The van der Waals surface area contributed by atoms with Crippen LogP contribution in [0.1, 0.15) is 36.1 Å². The summed E-state index contributed by atoms with van der Waals surface area (Å²) in [6.07, 6.45) is 1.92. The number of phenols is 2. The van der Waals surface area contributed by atoms with Gasteiger partial charge in [-0.1, -0.05) is 38.1 Å². The van der Waals surface area contributed by atoms with Crippen LogP contribution in [0.15, 0.2) is 24.3 Å². The Hall–Kier alpha value is -1.74. The van der Waals surface area contributed by atoms with Gasteiger partial charge in [0.05, 0.1) is 9.52 Å². The second-order valence-electron chi connectivity index (χ2n) is 5.72. The molecule has 0 atom stereocenters. The molecular formula is C18H24O2Si. The van der Waals surface area contributed by atoms with Crippen LogP contribution >= 0.6 is 0 Å². The Kier molecular flexibility index (Phi) is 4.73. The Morgan fingerprint density at radius 3 is 1.48 bits per heavy atom. The summed E-state index contributed by atoms with van der Waals surface area (Å²) in [6, 6.07) is 8.28. The van der Waals surface area contributed by atoms with Crippen LogP contribution in [0.4, 0.5) is 0 Å². The summed E-state index contributed by atoms with van der Waals surface area (Å²) < 4.78 is 0. The fourth-order valence-corrected chi connectivity index (χ4v) is 4.78. The minimum absolute atomic E-state index is 0.401. The first-order valence-electron chi connectivity index (χ1n) is 7.59. The molecule has 3 heteroatoms. The maximum atomic E-state index is 10.3. The summed E-state index contributed by atoms with van der Waals surface area (Å²) in [5, 5.41) is 22.7. The van der Waals surface area contributed by atoms with E-state index < -0.39 is 9.52 Å². The molecule has 2 aromatic rings. The Balaban J connectivity index is 2.47. The van der Waals surface area contributed by atoms with E-state index in [4.69, 9.17) is 0 Å². The molecule has 0 saturated carbocycles. The Morgan fingerprint density at radius 1 is 0.762 bits per heavy atom. The largest absolute Gasteiger partial charge is 0.508 e. The van der Waals surface area contributed by atoms with Crippen LogP contribution in [-0.4, -0.2) is 19.7 Å². The van der Waals surface area contributed by atoms with Crippen molar-refractivity contribution in [2.24, 2.45) is 0 Å². The van der Waals surface area contributed by atoms with E-state index in [1.807, 2.05) is 26.0 Å². The number of hydrogen-bond acceptors (Lipinski definition) is 2. The van der Waals surface area contributed by atoms with E-state index in [1.54, 1.807) is 0 Å². The van der Waals surface area contributed by atoms with Gasteiger partial charge in [-0.15, -0.1) is 0 Å². The highest BCUT2D eigenvalue weighted by atomic mass is 28.2. The van der Waals surface area contributed by atoms with E-state index >= 15 is 0 Å². The molecule has 0 aliphatic rings. The van der Waals surface area contributed by atoms with E-state index in [2.05, 4.69) is 26.0 Å². The first-order chi connectivity index (χ1) is 9.96. The third-order valence-electron chi connectivity index (χ3n) is 4.08. The molecule has 0 spiro atoms. The van der Waals surface area contributed by atoms with Gasteiger partial charge in [-0.3, -0.25) is 0 Å². The molecule has 2 nitrogen and oxygen atoms in total. The minimum Gasteiger partial charge on any atom is -0.508 e. The monoisotopic (exact) mass is 300 g/mol. The molecular weight excluding hydrogens is 276 g/mol. The van der Waals surface area contributed by atoms with E-state index in [0.29, 0.717) is 11.5 Å². The highest BCUT2D eigenvalue weighted by Crippen LogP contribution is 2.18. The maximum Gasteiger partial charge on any atom is 0.117 e. The van der Waals surface area contributed by atoms with Crippen molar-refractivity contribution in [1.29, 1.82) is 0 Å². The van der Waals surface area contributed by atoms with Crippen LogP contribution in [-0.2, 0) is 12.8 Å². The van der Waals surface area contributed by atoms with E-state index in [0.717, 1.165) is 34.3 Å².